The Hall–Kier alpha value is -2.34. The Morgan fingerprint density at radius 2 is 2.00 bits per heavy atom. The number of benzene rings is 1. The number of nitrogens with zero attached hydrogens (tertiary/aromatic N) is 3. The molecule has 0 aliphatic heterocycles. The summed E-state index contributed by atoms with van der Waals surface area (Å²) in [6.07, 6.45) is 3.66. The molecule has 1 aromatic carbocycles. The average molecular weight is 330 g/mol. The number of aliphatic hydroxyl groups is 1. The van der Waals surface area contributed by atoms with E-state index >= 15 is 0 Å². The van der Waals surface area contributed by atoms with Gasteiger partial charge < -0.3 is 15.3 Å². The standard InChI is InChI=1S/C18H26N4O2/c1-4-21(14-18(2,3)24)17(23)19-12-15-8-5-6-9-16(15)13-22-11-7-10-20-22/h5-11,24H,4,12-14H2,1-3H3,(H,19,23). The number of rotatable bonds is 7. The van der Waals surface area contributed by atoms with E-state index in [2.05, 4.69) is 10.4 Å². The van der Waals surface area contributed by atoms with Gasteiger partial charge in [0.25, 0.3) is 0 Å². The van der Waals surface area contributed by atoms with Crippen molar-refractivity contribution in [3.05, 3.63) is 53.9 Å². The van der Waals surface area contributed by atoms with Crippen molar-refractivity contribution >= 4 is 6.03 Å². The Morgan fingerprint density at radius 1 is 1.29 bits per heavy atom. The van der Waals surface area contributed by atoms with E-state index in [4.69, 9.17) is 0 Å². The topological polar surface area (TPSA) is 70.4 Å². The summed E-state index contributed by atoms with van der Waals surface area (Å²) < 4.78 is 1.85. The van der Waals surface area contributed by atoms with Gasteiger partial charge in [-0.25, -0.2) is 4.79 Å². The van der Waals surface area contributed by atoms with Gasteiger partial charge in [0, 0.05) is 25.5 Å². The molecule has 1 heterocycles. The van der Waals surface area contributed by atoms with Crippen LogP contribution in [0.25, 0.3) is 0 Å². The van der Waals surface area contributed by atoms with E-state index in [1.807, 2.05) is 48.1 Å². The molecule has 0 spiro atoms. The number of carbonyl (C=O) groups excluding carboxylic acids is 1. The minimum absolute atomic E-state index is 0.173. The summed E-state index contributed by atoms with van der Waals surface area (Å²) >= 11 is 0. The van der Waals surface area contributed by atoms with Crippen LogP contribution in [-0.2, 0) is 13.1 Å². The third-order valence-electron chi connectivity index (χ3n) is 3.69. The minimum atomic E-state index is -0.911. The summed E-state index contributed by atoms with van der Waals surface area (Å²) in [5, 5.41) is 17.1. The maximum atomic E-state index is 12.3. The molecular weight excluding hydrogens is 304 g/mol. The highest BCUT2D eigenvalue weighted by Crippen LogP contribution is 2.11. The largest absolute Gasteiger partial charge is 0.389 e. The lowest BCUT2D eigenvalue weighted by atomic mass is 10.1. The Bertz CT molecular complexity index is 647. The van der Waals surface area contributed by atoms with E-state index in [-0.39, 0.29) is 6.03 Å². The first-order valence-corrected chi connectivity index (χ1v) is 8.18. The van der Waals surface area contributed by atoms with Gasteiger partial charge in [-0.15, -0.1) is 0 Å². The second kappa shape index (κ2) is 7.97. The van der Waals surface area contributed by atoms with Crippen molar-refractivity contribution in [3.63, 3.8) is 0 Å². The van der Waals surface area contributed by atoms with Crippen LogP contribution in [0.5, 0.6) is 0 Å². The van der Waals surface area contributed by atoms with Gasteiger partial charge in [-0.3, -0.25) is 4.68 Å². The van der Waals surface area contributed by atoms with Gasteiger partial charge in [-0.05, 0) is 38.0 Å². The summed E-state index contributed by atoms with van der Waals surface area (Å²) in [6, 6.07) is 9.70. The number of likely N-dealkylation sites (N-methyl/N-ethyl adjacent to an activating group) is 1. The zero-order valence-corrected chi connectivity index (χ0v) is 14.6. The highest BCUT2D eigenvalue weighted by Gasteiger charge is 2.21. The number of hydrogen-bond acceptors (Lipinski definition) is 3. The Labute approximate surface area is 143 Å². The first-order valence-electron chi connectivity index (χ1n) is 8.18. The van der Waals surface area contributed by atoms with Gasteiger partial charge in [0.1, 0.15) is 0 Å². The van der Waals surface area contributed by atoms with Crippen molar-refractivity contribution < 1.29 is 9.90 Å². The van der Waals surface area contributed by atoms with Crippen molar-refractivity contribution in [1.82, 2.24) is 20.0 Å². The maximum Gasteiger partial charge on any atom is 0.317 e. The molecule has 2 aromatic rings. The third kappa shape index (κ3) is 5.38. The van der Waals surface area contributed by atoms with E-state index in [0.29, 0.717) is 26.2 Å². The Morgan fingerprint density at radius 3 is 2.58 bits per heavy atom. The fourth-order valence-electron chi connectivity index (χ4n) is 2.53. The molecule has 1 aromatic heterocycles. The number of aromatic nitrogens is 2. The van der Waals surface area contributed by atoms with Crippen LogP contribution in [0, 0.1) is 0 Å². The van der Waals surface area contributed by atoms with Gasteiger partial charge in [-0.2, -0.15) is 5.10 Å². The zero-order chi connectivity index (χ0) is 17.6. The molecule has 0 aliphatic rings. The SMILES string of the molecule is CCN(CC(C)(C)O)C(=O)NCc1ccccc1Cn1cccn1. The lowest BCUT2D eigenvalue weighted by Gasteiger charge is -2.28. The predicted molar refractivity (Wildman–Crippen MR) is 93.6 cm³/mol. The molecule has 0 atom stereocenters. The van der Waals surface area contributed by atoms with Crippen LogP contribution in [0.3, 0.4) is 0 Å². The maximum absolute atomic E-state index is 12.3. The highest BCUT2D eigenvalue weighted by atomic mass is 16.3. The lowest BCUT2D eigenvalue weighted by molar-refractivity contribution is 0.0480. The zero-order valence-electron chi connectivity index (χ0n) is 14.6. The molecule has 0 unspecified atom stereocenters. The van der Waals surface area contributed by atoms with Crippen LogP contribution < -0.4 is 5.32 Å². The first-order chi connectivity index (χ1) is 11.4. The number of hydrogen-bond donors (Lipinski definition) is 2. The molecule has 2 N–H and O–H groups in total. The first kappa shape index (κ1) is 18.0. The summed E-state index contributed by atoms with van der Waals surface area (Å²) in [5.74, 6) is 0. The molecule has 130 valence electrons. The van der Waals surface area contributed by atoms with E-state index in [1.165, 1.54) is 0 Å². The van der Waals surface area contributed by atoms with E-state index in [9.17, 15) is 9.90 Å². The summed E-state index contributed by atoms with van der Waals surface area (Å²) in [7, 11) is 0. The summed E-state index contributed by atoms with van der Waals surface area (Å²) in [5.41, 5.74) is 1.26. The molecule has 0 bridgehead atoms. The molecule has 6 nitrogen and oxygen atoms in total. The number of amides is 2. The normalized spacial score (nSPS) is 11.3. The van der Waals surface area contributed by atoms with Crippen LogP contribution in [0.1, 0.15) is 31.9 Å². The molecule has 24 heavy (non-hydrogen) atoms. The van der Waals surface area contributed by atoms with E-state index < -0.39 is 5.60 Å². The fraction of sp³-hybridized carbons (Fsp3) is 0.444. The van der Waals surface area contributed by atoms with Gasteiger partial charge in [0.05, 0.1) is 18.7 Å². The van der Waals surface area contributed by atoms with Gasteiger partial charge in [0.15, 0.2) is 0 Å². The molecule has 2 amide bonds. The quantitative estimate of drug-likeness (QED) is 0.818. The monoisotopic (exact) mass is 330 g/mol. The van der Waals surface area contributed by atoms with Gasteiger partial charge in [-0.1, -0.05) is 24.3 Å². The Kier molecular flexibility index (Phi) is 5.98. The van der Waals surface area contributed by atoms with Crippen molar-refractivity contribution in [2.24, 2.45) is 0 Å². The number of nitrogens with one attached hydrogen (secondary N) is 1. The lowest BCUT2D eigenvalue weighted by Crippen LogP contribution is -2.46. The second-order valence-corrected chi connectivity index (χ2v) is 6.46. The molecule has 6 heteroatoms. The number of carbonyl (C=O) groups is 1. The molecule has 0 aliphatic carbocycles. The predicted octanol–water partition coefficient (Wildman–Crippen LogP) is 2.23. The molecular formula is C18H26N4O2. The van der Waals surface area contributed by atoms with Crippen LogP contribution in [0.2, 0.25) is 0 Å². The fourth-order valence-corrected chi connectivity index (χ4v) is 2.53. The molecule has 0 radical (unpaired) electrons. The second-order valence-electron chi connectivity index (χ2n) is 6.46. The van der Waals surface area contributed by atoms with Crippen LogP contribution >= 0.6 is 0 Å². The number of urea groups is 1. The summed E-state index contributed by atoms with van der Waals surface area (Å²) in [4.78, 5) is 13.9. The van der Waals surface area contributed by atoms with Crippen molar-refractivity contribution in [1.29, 1.82) is 0 Å². The van der Waals surface area contributed by atoms with Crippen LogP contribution in [-0.4, -0.2) is 44.5 Å². The third-order valence-corrected chi connectivity index (χ3v) is 3.69. The summed E-state index contributed by atoms with van der Waals surface area (Å²) in [6.45, 7) is 7.25. The average Bonchev–Trinajstić information content (AvgIpc) is 3.03. The Balaban J connectivity index is 1.99. The van der Waals surface area contributed by atoms with Gasteiger partial charge >= 0.3 is 6.03 Å². The van der Waals surface area contributed by atoms with Crippen molar-refractivity contribution in [3.8, 4) is 0 Å². The molecule has 2 rings (SSSR count). The smallest absolute Gasteiger partial charge is 0.317 e. The van der Waals surface area contributed by atoms with E-state index in [1.54, 1.807) is 24.9 Å². The highest BCUT2D eigenvalue weighted by molar-refractivity contribution is 5.74. The molecule has 0 saturated carbocycles. The minimum Gasteiger partial charge on any atom is -0.389 e. The van der Waals surface area contributed by atoms with Crippen molar-refractivity contribution in [2.45, 2.75) is 39.5 Å². The molecule has 0 saturated heterocycles. The van der Waals surface area contributed by atoms with Gasteiger partial charge in [0.2, 0.25) is 0 Å². The van der Waals surface area contributed by atoms with Crippen LogP contribution in [0.4, 0.5) is 4.79 Å². The van der Waals surface area contributed by atoms with Crippen molar-refractivity contribution in [2.75, 3.05) is 13.1 Å². The van der Waals surface area contributed by atoms with Crippen LogP contribution in [0.15, 0.2) is 42.7 Å². The van der Waals surface area contributed by atoms with E-state index in [0.717, 1.165) is 11.1 Å². The molecule has 0 fully saturated rings.